The summed E-state index contributed by atoms with van der Waals surface area (Å²) in [4.78, 5) is 5.58. The molecule has 1 N–H and O–H groups in total. The third kappa shape index (κ3) is 3.88. The molecule has 0 aliphatic rings. The standard InChI is InChI=1S/C15H19BrN2S/c1-3-6-18-14(9-15-13(16)5-8-19-15)12-4-7-17-10-11(12)2/h4-5,7-8,10,14,18H,3,6,9H2,1-2H3. The lowest BCUT2D eigenvalue weighted by Crippen LogP contribution is -2.24. The van der Waals surface area contributed by atoms with Gasteiger partial charge in [-0.25, -0.2) is 0 Å². The molecule has 0 aliphatic carbocycles. The molecular weight excluding hydrogens is 320 g/mol. The Morgan fingerprint density at radius 3 is 2.89 bits per heavy atom. The van der Waals surface area contributed by atoms with Crippen molar-refractivity contribution in [2.24, 2.45) is 0 Å². The molecule has 0 aliphatic heterocycles. The van der Waals surface area contributed by atoms with Crippen LogP contribution in [0.4, 0.5) is 0 Å². The fourth-order valence-electron chi connectivity index (χ4n) is 2.14. The highest BCUT2D eigenvalue weighted by atomic mass is 79.9. The van der Waals surface area contributed by atoms with Gasteiger partial charge in [0.05, 0.1) is 0 Å². The van der Waals surface area contributed by atoms with E-state index in [4.69, 9.17) is 0 Å². The summed E-state index contributed by atoms with van der Waals surface area (Å²) < 4.78 is 1.22. The Bertz CT molecular complexity index is 524. The average Bonchev–Trinajstić information content (AvgIpc) is 2.81. The van der Waals surface area contributed by atoms with Gasteiger partial charge in [-0.1, -0.05) is 6.92 Å². The zero-order valence-electron chi connectivity index (χ0n) is 11.3. The number of hydrogen-bond donors (Lipinski definition) is 1. The van der Waals surface area contributed by atoms with Gasteiger partial charge in [-0.3, -0.25) is 4.98 Å². The molecule has 2 heterocycles. The summed E-state index contributed by atoms with van der Waals surface area (Å²) in [6, 6.07) is 4.61. The monoisotopic (exact) mass is 338 g/mol. The van der Waals surface area contributed by atoms with Gasteiger partial charge >= 0.3 is 0 Å². The molecule has 4 heteroatoms. The van der Waals surface area contributed by atoms with E-state index >= 15 is 0 Å². The van der Waals surface area contributed by atoms with Crippen molar-refractivity contribution in [1.82, 2.24) is 10.3 Å². The van der Waals surface area contributed by atoms with Crippen molar-refractivity contribution >= 4 is 27.3 Å². The lowest BCUT2D eigenvalue weighted by atomic mass is 10.00. The second-order valence-corrected chi connectivity index (χ2v) is 6.49. The molecule has 19 heavy (non-hydrogen) atoms. The Balaban J connectivity index is 2.21. The minimum Gasteiger partial charge on any atom is -0.310 e. The first-order valence-electron chi connectivity index (χ1n) is 6.58. The molecule has 0 fully saturated rings. The van der Waals surface area contributed by atoms with E-state index in [9.17, 15) is 0 Å². The van der Waals surface area contributed by atoms with Crippen molar-refractivity contribution in [3.05, 3.63) is 50.4 Å². The lowest BCUT2D eigenvalue weighted by Gasteiger charge is -2.20. The van der Waals surface area contributed by atoms with Gasteiger partial charge in [-0.05, 0) is 64.5 Å². The van der Waals surface area contributed by atoms with E-state index in [2.05, 4.69) is 57.6 Å². The summed E-state index contributed by atoms with van der Waals surface area (Å²) in [5.41, 5.74) is 2.60. The van der Waals surface area contributed by atoms with Crippen molar-refractivity contribution < 1.29 is 0 Å². The van der Waals surface area contributed by atoms with E-state index in [1.54, 1.807) is 0 Å². The van der Waals surface area contributed by atoms with Gasteiger partial charge in [0.1, 0.15) is 0 Å². The molecule has 2 rings (SSSR count). The molecular formula is C15H19BrN2S. The summed E-state index contributed by atoms with van der Waals surface area (Å²) in [6.45, 7) is 5.37. The summed E-state index contributed by atoms with van der Waals surface area (Å²) in [5.74, 6) is 0. The highest BCUT2D eigenvalue weighted by Crippen LogP contribution is 2.29. The molecule has 0 bridgehead atoms. The predicted molar refractivity (Wildman–Crippen MR) is 85.7 cm³/mol. The van der Waals surface area contributed by atoms with E-state index in [0.29, 0.717) is 6.04 Å². The molecule has 1 unspecified atom stereocenters. The third-order valence-corrected chi connectivity index (χ3v) is 5.11. The first kappa shape index (κ1) is 14.7. The summed E-state index contributed by atoms with van der Waals surface area (Å²) in [5, 5.41) is 5.78. The SMILES string of the molecule is CCCNC(Cc1sccc1Br)c1ccncc1C. The Morgan fingerprint density at radius 1 is 1.42 bits per heavy atom. The number of pyridine rings is 1. The third-order valence-electron chi connectivity index (χ3n) is 3.16. The van der Waals surface area contributed by atoms with Crippen molar-refractivity contribution in [1.29, 1.82) is 0 Å². The van der Waals surface area contributed by atoms with Crippen molar-refractivity contribution in [2.75, 3.05) is 6.54 Å². The minimum atomic E-state index is 0.359. The molecule has 0 amide bonds. The van der Waals surface area contributed by atoms with E-state index < -0.39 is 0 Å². The van der Waals surface area contributed by atoms with E-state index in [1.165, 1.54) is 20.5 Å². The summed E-state index contributed by atoms with van der Waals surface area (Å²) >= 11 is 5.43. The topological polar surface area (TPSA) is 24.9 Å². The fraction of sp³-hybridized carbons (Fsp3) is 0.400. The number of halogens is 1. The van der Waals surface area contributed by atoms with E-state index in [1.807, 2.05) is 23.7 Å². The number of hydrogen-bond acceptors (Lipinski definition) is 3. The highest BCUT2D eigenvalue weighted by molar-refractivity contribution is 9.10. The number of nitrogens with one attached hydrogen (secondary N) is 1. The molecule has 0 aromatic carbocycles. The number of thiophene rings is 1. The number of nitrogens with zero attached hydrogens (tertiary/aromatic N) is 1. The number of aryl methyl sites for hydroxylation is 1. The first-order chi connectivity index (χ1) is 9.22. The van der Waals surface area contributed by atoms with Crippen LogP contribution in [-0.2, 0) is 6.42 Å². The Hall–Kier alpha value is -0.710. The quantitative estimate of drug-likeness (QED) is 0.838. The Labute approximate surface area is 127 Å². The minimum absolute atomic E-state index is 0.359. The van der Waals surface area contributed by atoms with E-state index in [-0.39, 0.29) is 0 Å². The second kappa shape index (κ2) is 7.17. The number of aromatic nitrogens is 1. The van der Waals surface area contributed by atoms with Crippen LogP contribution in [0.2, 0.25) is 0 Å². The van der Waals surface area contributed by atoms with Crippen LogP contribution >= 0.6 is 27.3 Å². The normalized spacial score (nSPS) is 12.6. The molecule has 1 atom stereocenters. The van der Waals surface area contributed by atoms with Crippen molar-refractivity contribution in [3.8, 4) is 0 Å². The van der Waals surface area contributed by atoms with Gasteiger partial charge in [-0.2, -0.15) is 0 Å². The van der Waals surface area contributed by atoms with Crippen LogP contribution in [0.15, 0.2) is 34.4 Å². The molecule has 0 spiro atoms. The van der Waals surface area contributed by atoms with Crippen LogP contribution in [-0.4, -0.2) is 11.5 Å². The summed E-state index contributed by atoms with van der Waals surface area (Å²) in [6.07, 6.45) is 5.99. The lowest BCUT2D eigenvalue weighted by molar-refractivity contribution is 0.529. The first-order valence-corrected chi connectivity index (χ1v) is 8.25. The predicted octanol–water partition coefficient (Wildman–Crippen LogP) is 4.50. The summed E-state index contributed by atoms with van der Waals surface area (Å²) in [7, 11) is 0. The van der Waals surface area contributed by atoms with Gasteiger partial charge in [-0.15, -0.1) is 11.3 Å². The van der Waals surface area contributed by atoms with Crippen molar-refractivity contribution in [3.63, 3.8) is 0 Å². The van der Waals surface area contributed by atoms with Crippen LogP contribution in [0.5, 0.6) is 0 Å². The largest absolute Gasteiger partial charge is 0.310 e. The van der Waals surface area contributed by atoms with Gasteiger partial charge in [0.2, 0.25) is 0 Å². The van der Waals surface area contributed by atoms with Gasteiger partial charge in [0.25, 0.3) is 0 Å². The van der Waals surface area contributed by atoms with Gasteiger partial charge in [0.15, 0.2) is 0 Å². The maximum atomic E-state index is 4.19. The van der Waals surface area contributed by atoms with E-state index in [0.717, 1.165) is 19.4 Å². The molecule has 102 valence electrons. The van der Waals surface area contributed by atoms with Crippen LogP contribution in [0.3, 0.4) is 0 Å². The number of rotatable bonds is 6. The van der Waals surface area contributed by atoms with Crippen LogP contribution in [0.25, 0.3) is 0 Å². The molecule has 0 saturated heterocycles. The van der Waals surface area contributed by atoms with Crippen LogP contribution in [0.1, 0.15) is 35.4 Å². The van der Waals surface area contributed by atoms with Crippen molar-refractivity contribution in [2.45, 2.75) is 32.7 Å². The maximum Gasteiger partial charge on any atom is 0.0372 e. The molecule has 0 radical (unpaired) electrons. The molecule has 0 saturated carbocycles. The van der Waals surface area contributed by atoms with Gasteiger partial charge in [0, 0.05) is 34.2 Å². The van der Waals surface area contributed by atoms with Crippen LogP contribution < -0.4 is 5.32 Å². The smallest absolute Gasteiger partial charge is 0.0372 e. The van der Waals surface area contributed by atoms with Gasteiger partial charge < -0.3 is 5.32 Å². The highest BCUT2D eigenvalue weighted by Gasteiger charge is 2.15. The fourth-order valence-corrected chi connectivity index (χ4v) is 3.70. The average molecular weight is 339 g/mol. The zero-order chi connectivity index (χ0) is 13.7. The van der Waals surface area contributed by atoms with Crippen LogP contribution in [0, 0.1) is 6.92 Å². The second-order valence-electron chi connectivity index (χ2n) is 4.63. The molecule has 2 aromatic heterocycles. The zero-order valence-corrected chi connectivity index (χ0v) is 13.7. The Kier molecular flexibility index (Phi) is 5.55. The molecule has 2 aromatic rings. The molecule has 2 nitrogen and oxygen atoms in total. The maximum absolute atomic E-state index is 4.19. The Morgan fingerprint density at radius 2 is 2.26 bits per heavy atom.